The number of aryl methyl sites for hydroxylation is 2. The molecule has 0 nitrogen and oxygen atoms in total. The van der Waals surface area contributed by atoms with Gasteiger partial charge in [-0.25, -0.2) is 4.39 Å². The van der Waals surface area contributed by atoms with Crippen LogP contribution in [0.25, 0.3) is 0 Å². The third-order valence-corrected chi connectivity index (χ3v) is 3.31. The van der Waals surface area contributed by atoms with E-state index in [4.69, 9.17) is 11.6 Å². The Balaban J connectivity index is 2.86. The summed E-state index contributed by atoms with van der Waals surface area (Å²) in [4.78, 5) is 0. The molecule has 0 amide bonds. The van der Waals surface area contributed by atoms with Crippen LogP contribution in [0.3, 0.4) is 0 Å². The zero-order valence-electron chi connectivity index (χ0n) is 10.5. The molecule has 0 aliphatic carbocycles. The highest BCUT2D eigenvalue weighted by Crippen LogP contribution is 2.32. The second-order valence-electron chi connectivity index (χ2n) is 4.89. The average Bonchev–Trinajstić information content (AvgIpc) is 2.12. The fourth-order valence-electron chi connectivity index (χ4n) is 2.04. The number of alkyl halides is 1. The molecule has 0 N–H and O–H groups in total. The zero-order valence-corrected chi connectivity index (χ0v) is 11.2. The Morgan fingerprint density at radius 1 is 1.12 bits per heavy atom. The summed E-state index contributed by atoms with van der Waals surface area (Å²) < 4.78 is 13.1. The van der Waals surface area contributed by atoms with Crippen LogP contribution in [0.5, 0.6) is 0 Å². The van der Waals surface area contributed by atoms with E-state index in [-0.39, 0.29) is 11.2 Å². The van der Waals surface area contributed by atoms with Gasteiger partial charge in [0, 0.05) is 0 Å². The molecular weight excluding hydrogens is 223 g/mol. The first-order valence-electron chi connectivity index (χ1n) is 5.82. The van der Waals surface area contributed by atoms with E-state index in [1.165, 1.54) is 0 Å². The normalized spacial score (nSPS) is 13.2. The van der Waals surface area contributed by atoms with Gasteiger partial charge in [-0.15, -0.1) is 11.6 Å². The summed E-state index contributed by atoms with van der Waals surface area (Å²) in [5.41, 5.74) is 3.02. The molecule has 1 aromatic rings. The first-order chi connectivity index (χ1) is 7.41. The van der Waals surface area contributed by atoms with Crippen molar-refractivity contribution in [2.75, 3.05) is 0 Å². The van der Waals surface area contributed by atoms with E-state index in [1.807, 2.05) is 13.8 Å². The lowest BCUT2D eigenvalue weighted by molar-refractivity contribution is 0.547. The summed E-state index contributed by atoms with van der Waals surface area (Å²) in [6, 6.07) is 3.13. The van der Waals surface area contributed by atoms with Gasteiger partial charge < -0.3 is 0 Å². The highest BCUT2D eigenvalue weighted by Gasteiger charge is 2.14. The monoisotopic (exact) mass is 242 g/mol. The van der Waals surface area contributed by atoms with Crippen LogP contribution in [0.4, 0.5) is 4.39 Å². The number of benzene rings is 1. The van der Waals surface area contributed by atoms with Gasteiger partial charge in [-0.2, -0.15) is 0 Å². The van der Waals surface area contributed by atoms with Gasteiger partial charge in [0.05, 0.1) is 5.38 Å². The summed E-state index contributed by atoms with van der Waals surface area (Å²) >= 11 is 6.39. The van der Waals surface area contributed by atoms with E-state index in [0.29, 0.717) is 5.92 Å². The second kappa shape index (κ2) is 5.67. The SMILES string of the molecule is Cc1cc(F)cc(C)c1C(Cl)CCC(C)C. The Bertz CT molecular complexity index is 335. The van der Waals surface area contributed by atoms with Crippen molar-refractivity contribution in [1.82, 2.24) is 0 Å². The van der Waals surface area contributed by atoms with Gasteiger partial charge in [-0.05, 0) is 61.4 Å². The Morgan fingerprint density at radius 3 is 2.06 bits per heavy atom. The van der Waals surface area contributed by atoms with Gasteiger partial charge in [-0.1, -0.05) is 13.8 Å². The highest BCUT2D eigenvalue weighted by molar-refractivity contribution is 6.21. The Morgan fingerprint density at radius 2 is 1.62 bits per heavy atom. The van der Waals surface area contributed by atoms with Crippen molar-refractivity contribution in [1.29, 1.82) is 0 Å². The van der Waals surface area contributed by atoms with Gasteiger partial charge in [0.2, 0.25) is 0 Å². The van der Waals surface area contributed by atoms with Crippen LogP contribution >= 0.6 is 11.6 Å². The zero-order chi connectivity index (χ0) is 12.3. The number of hydrogen-bond donors (Lipinski definition) is 0. The predicted octanol–water partition coefficient (Wildman–Crippen LogP) is 5.16. The van der Waals surface area contributed by atoms with E-state index >= 15 is 0 Å². The molecule has 2 heteroatoms. The van der Waals surface area contributed by atoms with Gasteiger partial charge >= 0.3 is 0 Å². The number of hydrogen-bond acceptors (Lipinski definition) is 0. The standard InChI is InChI=1S/C14H20ClF/c1-9(2)5-6-13(15)14-10(3)7-12(16)8-11(14)4/h7-9,13H,5-6H2,1-4H3. The molecule has 0 heterocycles. The molecule has 90 valence electrons. The molecule has 0 aromatic heterocycles. The van der Waals surface area contributed by atoms with Crippen molar-refractivity contribution in [3.63, 3.8) is 0 Å². The molecule has 0 saturated carbocycles. The summed E-state index contributed by atoms with van der Waals surface area (Å²) in [5, 5.41) is 0.00278. The molecule has 0 fully saturated rings. The minimum atomic E-state index is -0.175. The first-order valence-corrected chi connectivity index (χ1v) is 6.26. The van der Waals surface area contributed by atoms with E-state index in [2.05, 4.69) is 13.8 Å². The van der Waals surface area contributed by atoms with Gasteiger partial charge in [0.15, 0.2) is 0 Å². The van der Waals surface area contributed by atoms with Crippen molar-refractivity contribution in [2.24, 2.45) is 5.92 Å². The molecular formula is C14H20ClF. The van der Waals surface area contributed by atoms with Crippen molar-refractivity contribution >= 4 is 11.6 Å². The number of halogens is 2. The first kappa shape index (κ1) is 13.5. The van der Waals surface area contributed by atoms with Crippen molar-refractivity contribution in [2.45, 2.75) is 45.9 Å². The van der Waals surface area contributed by atoms with E-state index in [9.17, 15) is 4.39 Å². The molecule has 0 radical (unpaired) electrons. The molecule has 1 atom stereocenters. The third kappa shape index (κ3) is 3.48. The Kier molecular flexibility index (Phi) is 4.79. The maximum absolute atomic E-state index is 13.1. The maximum atomic E-state index is 13.1. The smallest absolute Gasteiger partial charge is 0.123 e. The topological polar surface area (TPSA) is 0 Å². The minimum absolute atomic E-state index is 0.00278. The Hall–Kier alpha value is -0.560. The largest absolute Gasteiger partial charge is 0.207 e. The predicted molar refractivity (Wildman–Crippen MR) is 68.5 cm³/mol. The van der Waals surface area contributed by atoms with E-state index in [0.717, 1.165) is 29.5 Å². The lowest BCUT2D eigenvalue weighted by atomic mass is 9.95. The van der Waals surface area contributed by atoms with Gasteiger partial charge in [0.1, 0.15) is 5.82 Å². The van der Waals surface area contributed by atoms with Crippen LogP contribution in [0.15, 0.2) is 12.1 Å². The van der Waals surface area contributed by atoms with Crippen molar-refractivity contribution in [3.8, 4) is 0 Å². The molecule has 1 unspecified atom stereocenters. The molecule has 1 aromatic carbocycles. The summed E-state index contributed by atoms with van der Waals surface area (Å²) in [5.74, 6) is 0.480. The Labute approximate surface area is 103 Å². The van der Waals surface area contributed by atoms with Crippen molar-refractivity contribution < 1.29 is 4.39 Å². The third-order valence-electron chi connectivity index (χ3n) is 2.87. The molecule has 0 aliphatic rings. The van der Waals surface area contributed by atoms with Crippen LogP contribution in [-0.2, 0) is 0 Å². The lowest BCUT2D eigenvalue weighted by Crippen LogP contribution is -2.01. The molecule has 0 spiro atoms. The van der Waals surface area contributed by atoms with Crippen LogP contribution in [0.2, 0.25) is 0 Å². The summed E-state index contributed by atoms with van der Waals surface area (Å²) in [6.07, 6.45) is 2.05. The minimum Gasteiger partial charge on any atom is -0.207 e. The van der Waals surface area contributed by atoms with Crippen LogP contribution < -0.4 is 0 Å². The molecule has 0 saturated heterocycles. The van der Waals surface area contributed by atoms with Crippen LogP contribution in [0.1, 0.15) is 48.8 Å². The second-order valence-corrected chi connectivity index (χ2v) is 5.42. The van der Waals surface area contributed by atoms with Crippen LogP contribution in [-0.4, -0.2) is 0 Å². The highest BCUT2D eigenvalue weighted by atomic mass is 35.5. The maximum Gasteiger partial charge on any atom is 0.123 e. The molecule has 1 rings (SSSR count). The van der Waals surface area contributed by atoms with E-state index < -0.39 is 0 Å². The molecule has 0 aliphatic heterocycles. The molecule has 16 heavy (non-hydrogen) atoms. The van der Waals surface area contributed by atoms with E-state index in [1.54, 1.807) is 12.1 Å². The molecule has 0 bridgehead atoms. The van der Waals surface area contributed by atoms with Gasteiger partial charge in [-0.3, -0.25) is 0 Å². The van der Waals surface area contributed by atoms with Crippen LogP contribution in [0, 0.1) is 25.6 Å². The summed E-state index contributed by atoms with van der Waals surface area (Å²) in [6.45, 7) is 8.23. The lowest BCUT2D eigenvalue weighted by Gasteiger charge is -2.17. The average molecular weight is 243 g/mol. The van der Waals surface area contributed by atoms with Gasteiger partial charge in [0.25, 0.3) is 0 Å². The van der Waals surface area contributed by atoms with Crippen molar-refractivity contribution in [3.05, 3.63) is 34.6 Å². The number of rotatable bonds is 4. The summed E-state index contributed by atoms with van der Waals surface area (Å²) in [7, 11) is 0. The fourth-order valence-corrected chi connectivity index (χ4v) is 2.51. The fraction of sp³-hybridized carbons (Fsp3) is 0.571. The quantitative estimate of drug-likeness (QED) is 0.640.